The zero-order valence-corrected chi connectivity index (χ0v) is 10.3. The van der Waals surface area contributed by atoms with E-state index in [1.54, 1.807) is 13.2 Å². The number of hydrogen-bond donors (Lipinski definition) is 2. The maximum Gasteiger partial charge on any atom is 0.433 e. The van der Waals surface area contributed by atoms with Crippen molar-refractivity contribution < 1.29 is 18.0 Å². The number of nitrogens with one attached hydrogen (secondary N) is 1. The Hall–Kier alpha value is -2.58. The minimum Gasteiger partial charge on any atom is -0.365 e. The van der Waals surface area contributed by atoms with Crippen LogP contribution in [0.1, 0.15) is 16.1 Å². The molecule has 0 bridgehead atoms. The van der Waals surface area contributed by atoms with E-state index in [-0.39, 0.29) is 17.2 Å². The minimum atomic E-state index is -4.61. The highest BCUT2D eigenvalue weighted by molar-refractivity contribution is 5.98. The van der Waals surface area contributed by atoms with Crippen molar-refractivity contribution in [1.29, 1.82) is 0 Å². The van der Waals surface area contributed by atoms with Gasteiger partial charge in [-0.15, -0.1) is 0 Å². The highest BCUT2D eigenvalue weighted by Gasteiger charge is 2.33. The molecule has 0 aromatic carbocycles. The van der Waals surface area contributed by atoms with E-state index in [0.29, 0.717) is 6.07 Å². The van der Waals surface area contributed by atoms with Crippen LogP contribution in [0.2, 0.25) is 0 Å². The van der Waals surface area contributed by atoms with Crippen molar-refractivity contribution in [2.45, 2.75) is 6.18 Å². The molecule has 0 unspecified atom stereocenters. The molecule has 0 spiro atoms. The molecule has 2 heterocycles. The van der Waals surface area contributed by atoms with Crippen LogP contribution < -0.4 is 11.1 Å². The molecule has 1 amide bonds. The fourth-order valence-electron chi connectivity index (χ4n) is 1.51. The number of anilines is 2. The quantitative estimate of drug-likeness (QED) is 0.898. The Labute approximate surface area is 111 Å². The van der Waals surface area contributed by atoms with Crippen molar-refractivity contribution >= 4 is 17.5 Å². The van der Waals surface area contributed by atoms with Gasteiger partial charge in [0, 0.05) is 19.3 Å². The Bertz CT molecular complexity index is 650. The van der Waals surface area contributed by atoms with Gasteiger partial charge in [-0.3, -0.25) is 9.48 Å². The lowest BCUT2D eigenvalue weighted by atomic mass is 10.2. The van der Waals surface area contributed by atoms with E-state index < -0.39 is 17.8 Å². The van der Waals surface area contributed by atoms with Gasteiger partial charge in [0.25, 0.3) is 5.91 Å². The fraction of sp³-hybridized carbons (Fsp3) is 0.182. The third kappa shape index (κ3) is 2.87. The van der Waals surface area contributed by atoms with Crippen LogP contribution in [0.15, 0.2) is 24.4 Å². The molecule has 0 aliphatic rings. The summed E-state index contributed by atoms with van der Waals surface area (Å²) in [6.07, 6.45) is -3.03. The summed E-state index contributed by atoms with van der Waals surface area (Å²) < 4.78 is 39.3. The van der Waals surface area contributed by atoms with Gasteiger partial charge < -0.3 is 11.1 Å². The number of alkyl halides is 3. The highest BCUT2D eigenvalue weighted by Crippen LogP contribution is 2.30. The summed E-state index contributed by atoms with van der Waals surface area (Å²) in [7, 11) is 1.64. The van der Waals surface area contributed by atoms with Gasteiger partial charge >= 0.3 is 6.18 Å². The van der Waals surface area contributed by atoms with Gasteiger partial charge in [0.15, 0.2) is 5.82 Å². The van der Waals surface area contributed by atoms with Crippen molar-refractivity contribution in [2.75, 3.05) is 5.32 Å². The Kier molecular flexibility index (Phi) is 3.35. The van der Waals surface area contributed by atoms with Gasteiger partial charge in [0.2, 0.25) is 0 Å². The second kappa shape index (κ2) is 4.83. The summed E-state index contributed by atoms with van der Waals surface area (Å²) >= 11 is 0. The molecule has 106 valence electrons. The first-order valence-electron chi connectivity index (χ1n) is 5.42. The monoisotopic (exact) mass is 285 g/mol. The standard InChI is InChI=1S/C11H10F3N5O/c1-19-5-4-8(18-19)17-10-6(9(15)20)2-3-7(16-10)11(12,13)14/h2-5H,1H3,(H2,15,20)(H,16,17,18). The van der Waals surface area contributed by atoms with Crippen LogP contribution in [-0.4, -0.2) is 20.7 Å². The largest absolute Gasteiger partial charge is 0.433 e. The molecule has 3 N–H and O–H groups in total. The van der Waals surface area contributed by atoms with E-state index in [1.807, 2.05) is 0 Å². The lowest BCUT2D eigenvalue weighted by molar-refractivity contribution is -0.141. The second-order valence-corrected chi connectivity index (χ2v) is 3.95. The van der Waals surface area contributed by atoms with Crippen molar-refractivity contribution in [2.24, 2.45) is 12.8 Å². The average molecular weight is 285 g/mol. The number of primary amides is 1. The molecule has 9 heteroatoms. The van der Waals surface area contributed by atoms with E-state index in [1.165, 1.54) is 10.7 Å². The van der Waals surface area contributed by atoms with Gasteiger partial charge in [-0.2, -0.15) is 18.3 Å². The van der Waals surface area contributed by atoms with Crippen molar-refractivity contribution in [3.05, 3.63) is 35.7 Å². The summed E-state index contributed by atoms with van der Waals surface area (Å²) in [5.74, 6) is -0.919. The van der Waals surface area contributed by atoms with Crippen LogP contribution in [-0.2, 0) is 13.2 Å². The predicted molar refractivity (Wildman–Crippen MR) is 64.2 cm³/mol. The Morgan fingerprint density at radius 2 is 2.05 bits per heavy atom. The number of nitrogens with two attached hydrogens (primary N) is 1. The lowest BCUT2D eigenvalue weighted by Crippen LogP contribution is -2.17. The molecule has 20 heavy (non-hydrogen) atoms. The molecule has 6 nitrogen and oxygen atoms in total. The Morgan fingerprint density at radius 1 is 1.35 bits per heavy atom. The smallest absolute Gasteiger partial charge is 0.365 e. The molecule has 2 aromatic rings. The van der Waals surface area contributed by atoms with Crippen LogP contribution in [0.4, 0.5) is 24.8 Å². The predicted octanol–water partition coefficient (Wildman–Crippen LogP) is 1.68. The fourth-order valence-corrected chi connectivity index (χ4v) is 1.51. The van der Waals surface area contributed by atoms with Gasteiger partial charge in [0.05, 0.1) is 5.56 Å². The number of rotatable bonds is 3. The third-order valence-electron chi connectivity index (χ3n) is 2.41. The average Bonchev–Trinajstić information content (AvgIpc) is 2.73. The molecular weight excluding hydrogens is 275 g/mol. The van der Waals surface area contributed by atoms with E-state index in [0.717, 1.165) is 6.07 Å². The molecule has 0 saturated heterocycles. The van der Waals surface area contributed by atoms with Gasteiger partial charge in [-0.1, -0.05) is 0 Å². The van der Waals surface area contributed by atoms with Crippen molar-refractivity contribution in [3.8, 4) is 0 Å². The van der Waals surface area contributed by atoms with Crippen LogP contribution in [0.3, 0.4) is 0 Å². The SMILES string of the molecule is Cn1ccc(Nc2nc(C(F)(F)F)ccc2C(N)=O)n1. The minimum absolute atomic E-state index is 0.149. The second-order valence-electron chi connectivity index (χ2n) is 3.95. The maximum atomic E-state index is 12.6. The first-order chi connectivity index (χ1) is 9.27. The molecule has 2 aromatic heterocycles. The number of hydrogen-bond acceptors (Lipinski definition) is 4. The summed E-state index contributed by atoms with van der Waals surface area (Å²) in [6.45, 7) is 0. The van der Waals surface area contributed by atoms with Crippen molar-refractivity contribution in [1.82, 2.24) is 14.8 Å². The third-order valence-corrected chi connectivity index (χ3v) is 2.41. The first kappa shape index (κ1) is 13.8. The molecule has 0 atom stereocenters. The Balaban J connectivity index is 2.44. The number of halogens is 3. The number of carbonyl (C=O) groups is 1. The van der Waals surface area contributed by atoms with Crippen LogP contribution in [0, 0.1) is 0 Å². The van der Waals surface area contributed by atoms with Crippen LogP contribution >= 0.6 is 0 Å². The summed E-state index contributed by atoms with van der Waals surface area (Å²) in [6, 6.07) is 3.19. The first-order valence-corrected chi connectivity index (χ1v) is 5.42. The molecule has 2 rings (SSSR count). The highest BCUT2D eigenvalue weighted by atomic mass is 19.4. The molecule has 0 radical (unpaired) electrons. The van der Waals surface area contributed by atoms with Crippen molar-refractivity contribution in [3.63, 3.8) is 0 Å². The lowest BCUT2D eigenvalue weighted by Gasteiger charge is -2.11. The maximum absolute atomic E-state index is 12.6. The Morgan fingerprint density at radius 3 is 2.55 bits per heavy atom. The topological polar surface area (TPSA) is 85.8 Å². The zero-order valence-electron chi connectivity index (χ0n) is 10.3. The summed E-state index contributed by atoms with van der Waals surface area (Å²) in [5, 5.41) is 6.47. The van der Waals surface area contributed by atoms with E-state index in [2.05, 4.69) is 15.4 Å². The number of pyridine rings is 1. The summed E-state index contributed by atoms with van der Waals surface area (Å²) in [5.41, 5.74) is 3.83. The molecule has 0 saturated carbocycles. The van der Waals surface area contributed by atoms with Gasteiger partial charge in [-0.05, 0) is 12.1 Å². The van der Waals surface area contributed by atoms with Gasteiger partial charge in [-0.25, -0.2) is 4.98 Å². The van der Waals surface area contributed by atoms with Crippen LogP contribution in [0.25, 0.3) is 0 Å². The molecular formula is C11H10F3N5O. The van der Waals surface area contributed by atoms with E-state index in [9.17, 15) is 18.0 Å². The molecule has 0 fully saturated rings. The number of aromatic nitrogens is 3. The number of aryl methyl sites for hydroxylation is 1. The molecule has 0 aliphatic carbocycles. The number of amides is 1. The number of carbonyl (C=O) groups excluding carboxylic acids is 1. The molecule has 0 aliphatic heterocycles. The zero-order chi connectivity index (χ0) is 14.9. The number of nitrogens with zero attached hydrogens (tertiary/aromatic N) is 3. The normalized spacial score (nSPS) is 11.4. The van der Waals surface area contributed by atoms with E-state index >= 15 is 0 Å². The van der Waals surface area contributed by atoms with Crippen LogP contribution in [0.5, 0.6) is 0 Å². The summed E-state index contributed by atoms with van der Waals surface area (Å²) in [4.78, 5) is 14.6. The van der Waals surface area contributed by atoms with E-state index in [4.69, 9.17) is 5.73 Å². The van der Waals surface area contributed by atoms with Gasteiger partial charge in [0.1, 0.15) is 11.5 Å².